The van der Waals surface area contributed by atoms with Gasteiger partial charge in [0, 0.05) is 11.9 Å². The fourth-order valence-electron chi connectivity index (χ4n) is 2.59. The Morgan fingerprint density at radius 1 is 1.23 bits per heavy atom. The second kappa shape index (κ2) is 7.70. The number of carbonyl (C=O) groups excluding carboxylic acids is 1. The number of amides is 2. The molecular formula is C20H21N5O. The number of H-pyrrole nitrogens is 1. The number of urea groups is 1. The molecule has 0 radical (unpaired) electrons. The van der Waals surface area contributed by atoms with Crippen LogP contribution in [0.1, 0.15) is 25.8 Å². The van der Waals surface area contributed by atoms with Crippen molar-refractivity contribution in [3.63, 3.8) is 0 Å². The molecule has 1 unspecified atom stereocenters. The highest BCUT2D eigenvalue weighted by atomic mass is 16.2. The molecule has 2 amide bonds. The molecule has 0 saturated heterocycles. The average Bonchev–Trinajstić information content (AvgIpc) is 3.08. The van der Waals surface area contributed by atoms with E-state index in [1.807, 2.05) is 30.3 Å². The zero-order valence-electron chi connectivity index (χ0n) is 14.8. The second-order valence-electron chi connectivity index (χ2n) is 6.37. The van der Waals surface area contributed by atoms with E-state index in [-0.39, 0.29) is 6.03 Å². The number of nitriles is 1. The van der Waals surface area contributed by atoms with Crippen LogP contribution in [-0.4, -0.2) is 22.8 Å². The van der Waals surface area contributed by atoms with Crippen LogP contribution in [0.3, 0.4) is 0 Å². The van der Waals surface area contributed by atoms with Gasteiger partial charge >= 0.3 is 6.03 Å². The molecule has 0 saturated carbocycles. The van der Waals surface area contributed by atoms with Crippen molar-refractivity contribution in [1.29, 1.82) is 5.26 Å². The third-order valence-corrected chi connectivity index (χ3v) is 4.45. The zero-order chi connectivity index (χ0) is 18.5. The number of hydrogen-bond acceptors (Lipinski definition) is 3. The first-order valence-electron chi connectivity index (χ1n) is 8.64. The molecule has 6 nitrogen and oxygen atoms in total. The molecule has 0 aliphatic carbocycles. The number of rotatable bonds is 5. The number of aromatic nitrogens is 2. The maximum atomic E-state index is 12.0. The van der Waals surface area contributed by atoms with Crippen molar-refractivity contribution in [2.45, 2.75) is 20.3 Å². The van der Waals surface area contributed by atoms with Crippen LogP contribution < -0.4 is 10.6 Å². The van der Waals surface area contributed by atoms with Gasteiger partial charge < -0.3 is 5.32 Å². The van der Waals surface area contributed by atoms with Crippen LogP contribution in [-0.2, 0) is 0 Å². The summed E-state index contributed by atoms with van der Waals surface area (Å²) in [6.07, 6.45) is 1.02. The number of hydrogen-bond donors (Lipinski definition) is 3. The summed E-state index contributed by atoms with van der Waals surface area (Å²) < 4.78 is 0. The van der Waals surface area contributed by atoms with Gasteiger partial charge in [0.05, 0.1) is 17.1 Å². The van der Waals surface area contributed by atoms with Crippen LogP contribution in [0, 0.1) is 17.2 Å². The van der Waals surface area contributed by atoms with E-state index in [0.717, 1.165) is 28.5 Å². The first-order chi connectivity index (χ1) is 12.6. The van der Waals surface area contributed by atoms with Crippen LogP contribution in [0.5, 0.6) is 0 Å². The normalized spacial score (nSPS) is 11.7. The molecule has 1 aromatic heterocycles. The highest BCUT2D eigenvalue weighted by Crippen LogP contribution is 2.27. The molecule has 6 heteroatoms. The summed E-state index contributed by atoms with van der Waals surface area (Å²) >= 11 is 0. The van der Waals surface area contributed by atoms with Gasteiger partial charge in [-0.15, -0.1) is 0 Å². The summed E-state index contributed by atoms with van der Waals surface area (Å²) in [6.45, 7) is 4.82. The largest absolute Gasteiger partial charge is 0.338 e. The quantitative estimate of drug-likeness (QED) is 0.643. The Labute approximate surface area is 152 Å². The summed E-state index contributed by atoms with van der Waals surface area (Å²) in [5.41, 5.74) is 3.50. The van der Waals surface area contributed by atoms with Crippen molar-refractivity contribution in [2.24, 2.45) is 5.92 Å². The minimum Gasteiger partial charge on any atom is -0.338 e. The van der Waals surface area contributed by atoms with Crippen LogP contribution >= 0.6 is 0 Å². The molecular weight excluding hydrogens is 326 g/mol. The molecule has 0 spiro atoms. The first-order valence-corrected chi connectivity index (χ1v) is 8.64. The summed E-state index contributed by atoms with van der Waals surface area (Å²) in [7, 11) is 0. The van der Waals surface area contributed by atoms with Gasteiger partial charge in [0.1, 0.15) is 0 Å². The predicted octanol–water partition coefficient (Wildman–Crippen LogP) is 4.27. The molecule has 132 valence electrons. The van der Waals surface area contributed by atoms with Crippen LogP contribution in [0.4, 0.5) is 10.6 Å². The van der Waals surface area contributed by atoms with E-state index in [1.54, 1.807) is 12.1 Å². The van der Waals surface area contributed by atoms with E-state index in [9.17, 15) is 4.79 Å². The van der Waals surface area contributed by atoms with Crippen LogP contribution in [0.2, 0.25) is 0 Å². The fraction of sp³-hybridized carbons (Fsp3) is 0.250. The Bertz CT molecular complexity index is 952. The average molecular weight is 347 g/mol. The molecule has 2 aromatic carbocycles. The van der Waals surface area contributed by atoms with Gasteiger partial charge in [0.25, 0.3) is 0 Å². The Hall–Kier alpha value is -3.33. The Kier molecular flexibility index (Phi) is 5.18. The summed E-state index contributed by atoms with van der Waals surface area (Å²) in [5.74, 6) is 0.944. The number of carbonyl (C=O) groups is 1. The maximum Gasteiger partial charge on any atom is 0.320 e. The fourth-order valence-corrected chi connectivity index (χ4v) is 2.59. The summed E-state index contributed by atoms with van der Waals surface area (Å²) in [6, 6.07) is 15.2. The van der Waals surface area contributed by atoms with Crippen molar-refractivity contribution < 1.29 is 4.79 Å². The third-order valence-electron chi connectivity index (χ3n) is 4.45. The van der Waals surface area contributed by atoms with Gasteiger partial charge in [0.2, 0.25) is 0 Å². The highest BCUT2D eigenvalue weighted by Gasteiger charge is 2.11. The maximum absolute atomic E-state index is 12.0. The first kappa shape index (κ1) is 17.5. The molecule has 0 fully saturated rings. The highest BCUT2D eigenvalue weighted by molar-refractivity contribution is 6.00. The Balaban J connectivity index is 1.76. The van der Waals surface area contributed by atoms with Gasteiger partial charge in [-0.3, -0.25) is 10.4 Å². The molecule has 0 bridgehead atoms. The van der Waals surface area contributed by atoms with Gasteiger partial charge in [-0.2, -0.15) is 10.4 Å². The van der Waals surface area contributed by atoms with Crippen molar-refractivity contribution in [2.75, 3.05) is 11.9 Å². The monoisotopic (exact) mass is 347 g/mol. The molecule has 3 N–H and O–H groups in total. The van der Waals surface area contributed by atoms with E-state index >= 15 is 0 Å². The molecule has 0 aliphatic rings. The van der Waals surface area contributed by atoms with E-state index in [0.29, 0.717) is 23.8 Å². The number of nitrogens with zero attached hydrogens (tertiary/aromatic N) is 2. The molecule has 3 aromatic rings. The number of fused-ring (bicyclic) bond motifs is 1. The Morgan fingerprint density at radius 3 is 2.65 bits per heavy atom. The van der Waals surface area contributed by atoms with E-state index < -0.39 is 0 Å². The summed E-state index contributed by atoms with van der Waals surface area (Å²) in [5, 5.41) is 22.5. The Morgan fingerprint density at radius 2 is 1.96 bits per heavy atom. The zero-order valence-corrected chi connectivity index (χ0v) is 14.8. The lowest BCUT2D eigenvalue weighted by Gasteiger charge is -2.10. The van der Waals surface area contributed by atoms with E-state index in [2.05, 4.69) is 40.7 Å². The predicted molar refractivity (Wildman–Crippen MR) is 103 cm³/mol. The SMILES string of the molecule is CCC(C)CNC(=O)Nc1n[nH]c2cc(-c3ccc(C#N)cc3)ccc12. The van der Waals surface area contributed by atoms with Crippen molar-refractivity contribution >= 4 is 22.8 Å². The van der Waals surface area contributed by atoms with Crippen LogP contribution in [0.15, 0.2) is 42.5 Å². The van der Waals surface area contributed by atoms with Crippen molar-refractivity contribution in [1.82, 2.24) is 15.5 Å². The van der Waals surface area contributed by atoms with Crippen molar-refractivity contribution in [3.8, 4) is 17.2 Å². The number of nitrogens with one attached hydrogen (secondary N) is 3. The summed E-state index contributed by atoms with van der Waals surface area (Å²) in [4.78, 5) is 12.0. The molecule has 3 rings (SSSR count). The number of benzene rings is 2. The molecule has 26 heavy (non-hydrogen) atoms. The van der Waals surface area contributed by atoms with Gasteiger partial charge in [0.15, 0.2) is 5.82 Å². The lowest BCUT2D eigenvalue weighted by Crippen LogP contribution is -2.32. The lowest BCUT2D eigenvalue weighted by atomic mass is 10.0. The second-order valence-corrected chi connectivity index (χ2v) is 6.37. The number of aromatic amines is 1. The van der Waals surface area contributed by atoms with Gasteiger partial charge in [-0.1, -0.05) is 38.5 Å². The minimum absolute atomic E-state index is 0.255. The minimum atomic E-state index is -0.255. The van der Waals surface area contributed by atoms with Gasteiger partial charge in [-0.05, 0) is 41.3 Å². The van der Waals surface area contributed by atoms with E-state index in [4.69, 9.17) is 5.26 Å². The molecule has 0 aliphatic heterocycles. The topological polar surface area (TPSA) is 93.6 Å². The molecule has 1 atom stereocenters. The van der Waals surface area contributed by atoms with Crippen LogP contribution in [0.25, 0.3) is 22.0 Å². The smallest absolute Gasteiger partial charge is 0.320 e. The number of anilines is 1. The van der Waals surface area contributed by atoms with Gasteiger partial charge in [-0.25, -0.2) is 4.79 Å². The van der Waals surface area contributed by atoms with Crippen molar-refractivity contribution in [3.05, 3.63) is 48.0 Å². The van der Waals surface area contributed by atoms with E-state index in [1.165, 1.54) is 0 Å². The standard InChI is InChI=1S/C20H21N5O/c1-3-13(2)12-22-20(26)23-19-17-9-8-16(10-18(17)24-25-19)15-6-4-14(11-21)5-7-15/h4-10,13H,3,12H2,1-2H3,(H3,22,23,24,25,26). The lowest BCUT2D eigenvalue weighted by molar-refractivity contribution is 0.250. The molecule has 1 heterocycles. The third kappa shape index (κ3) is 3.83.